The molecule has 2 aliphatic heterocycles. The minimum Gasteiger partial charge on any atom is -0.420 e. The first-order chi connectivity index (χ1) is 14.9. The summed E-state index contributed by atoms with van der Waals surface area (Å²) in [6.07, 6.45) is 4.00. The fourth-order valence-corrected chi connectivity index (χ4v) is 5.08. The zero-order chi connectivity index (χ0) is 21.8. The zero-order valence-corrected chi connectivity index (χ0v) is 17.9. The highest BCUT2D eigenvalue weighted by molar-refractivity contribution is 6.33. The monoisotopic (exact) mass is 443 g/mol. The average Bonchev–Trinajstić information content (AvgIpc) is 3.38. The van der Waals surface area contributed by atoms with E-state index in [-0.39, 0.29) is 24.6 Å². The van der Waals surface area contributed by atoms with Crippen LogP contribution >= 0.6 is 11.6 Å². The topological polar surface area (TPSA) is 122 Å². The number of anilines is 1. The first-order valence-electron chi connectivity index (χ1n) is 10.1. The van der Waals surface area contributed by atoms with Crippen LogP contribution in [-0.4, -0.2) is 47.0 Å². The molecule has 2 unspecified atom stereocenters. The molecule has 3 atom stereocenters. The molecular weight excluding hydrogens is 422 g/mol. The predicted octanol–water partition coefficient (Wildman–Crippen LogP) is 2.94. The van der Waals surface area contributed by atoms with Crippen molar-refractivity contribution in [2.24, 2.45) is 13.0 Å². The Morgan fingerprint density at radius 3 is 2.94 bits per heavy atom. The van der Waals surface area contributed by atoms with Gasteiger partial charge in [-0.15, -0.1) is 10.2 Å². The Hall–Kier alpha value is -2.98. The maximum absolute atomic E-state index is 13.3. The summed E-state index contributed by atoms with van der Waals surface area (Å²) in [4.78, 5) is 19.4. The molecule has 10 nitrogen and oxygen atoms in total. The highest BCUT2D eigenvalue weighted by Crippen LogP contribution is 2.55. The Bertz CT molecular complexity index is 1150. The second-order valence-corrected chi connectivity index (χ2v) is 8.74. The van der Waals surface area contributed by atoms with E-state index in [1.165, 1.54) is 0 Å². The van der Waals surface area contributed by atoms with Crippen LogP contribution in [0.3, 0.4) is 0 Å². The number of urea groups is 1. The third-order valence-corrected chi connectivity index (χ3v) is 6.37. The quantitative estimate of drug-likeness (QED) is 0.635. The fourth-order valence-electron chi connectivity index (χ4n) is 4.88. The molecule has 11 heteroatoms. The summed E-state index contributed by atoms with van der Waals surface area (Å²) in [5.74, 6) is 1.43. The van der Waals surface area contributed by atoms with Gasteiger partial charge in [0.1, 0.15) is 18.5 Å². The van der Waals surface area contributed by atoms with E-state index >= 15 is 0 Å². The molecule has 2 saturated heterocycles. The van der Waals surface area contributed by atoms with Crippen molar-refractivity contribution in [1.29, 1.82) is 0 Å². The van der Waals surface area contributed by atoms with Crippen LogP contribution in [0.2, 0.25) is 5.02 Å². The normalized spacial score (nSPS) is 24.7. The van der Waals surface area contributed by atoms with Gasteiger partial charge in [0, 0.05) is 30.8 Å². The number of hydrogen-bond acceptors (Lipinski definition) is 7. The number of aliphatic hydroxyl groups is 1. The van der Waals surface area contributed by atoms with Crippen LogP contribution in [0.25, 0.3) is 11.4 Å². The third kappa shape index (κ3) is 3.26. The van der Waals surface area contributed by atoms with Crippen molar-refractivity contribution < 1.29 is 14.3 Å². The van der Waals surface area contributed by atoms with Gasteiger partial charge in [0.2, 0.25) is 11.8 Å². The van der Waals surface area contributed by atoms with E-state index < -0.39 is 5.54 Å². The SMILES string of the molecule is C[C@H]1CC2CC(c3nnc(CO)o3)(C1)N2C(=O)Nc1ccc(Cl)c(-c2ncn(C)n2)c1. The lowest BCUT2D eigenvalue weighted by Crippen LogP contribution is -2.70. The molecule has 1 aliphatic carbocycles. The van der Waals surface area contributed by atoms with E-state index in [2.05, 4.69) is 32.5 Å². The molecule has 3 aromatic rings. The van der Waals surface area contributed by atoms with Gasteiger partial charge in [-0.2, -0.15) is 5.10 Å². The molecule has 2 N–H and O–H groups in total. The van der Waals surface area contributed by atoms with Crippen molar-refractivity contribution in [3.05, 3.63) is 41.3 Å². The summed E-state index contributed by atoms with van der Waals surface area (Å²) < 4.78 is 7.25. The molecule has 2 aromatic heterocycles. The number of carbonyl (C=O) groups excluding carboxylic acids is 1. The number of rotatable bonds is 4. The van der Waals surface area contributed by atoms with Gasteiger partial charge >= 0.3 is 6.03 Å². The smallest absolute Gasteiger partial charge is 0.323 e. The second-order valence-electron chi connectivity index (χ2n) is 8.33. The summed E-state index contributed by atoms with van der Waals surface area (Å²) in [7, 11) is 1.78. The first kappa shape index (κ1) is 20.0. The summed E-state index contributed by atoms with van der Waals surface area (Å²) in [5, 5.41) is 25.1. The number of halogens is 1. The van der Waals surface area contributed by atoms with E-state index in [1.54, 1.807) is 41.2 Å². The van der Waals surface area contributed by atoms with Gasteiger partial charge in [-0.3, -0.25) is 4.68 Å². The first-order valence-corrected chi connectivity index (χ1v) is 10.5. The number of benzene rings is 1. The lowest BCUT2D eigenvalue weighted by molar-refractivity contribution is -0.110. The zero-order valence-electron chi connectivity index (χ0n) is 17.1. The molecule has 0 radical (unpaired) electrons. The van der Waals surface area contributed by atoms with Crippen molar-refractivity contribution >= 4 is 23.3 Å². The van der Waals surface area contributed by atoms with E-state index in [0.29, 0.717) is 33.9 Å². The summed E-state index contributed by atoms with van der Waals surface area (Å²) >= 11 is 6.33. The van der Waals surface area contributed by atoms with Crippen LogP contribution in [0.5, 0.6) is 0 Å². The number of hydrogen-bond donors (Lipinski definition) is 2. The highest BCUT2D eigenvalue weighted by atomic mass is 35.5. The van der Waals surface area contributed by atoms with Crippen molar-refractivity contribution in [1.82, 2.24) is 29.9 Å². The number of aryl methyl sites for hydroxylation is 1. The molecule has 6 rings (SSSR count). The largest absolute Gasteiger partial charge is 0.420 e. The molecule has 1 saturated carbocycles. The van der Waals surface area contributed by atoms with E-state index in [0.717, 1.165) is 19.3 Å². The van der Waals surface area contributed by atoms with Gasteiger partial charge in [0.15, 0.2) is 5.82 Å². The Labute approximate surface area is 183 Å². The van der Waals surface area contributed by atoms with Crippen molar-refractivity contribution in [2.75, 3.05) is 5.32 Å². The van der Waals surface area contributed by atoms with Crippen LogP contribution in [-0.2, 0) is 19.2 Å². The molecule has 162 valence electrons. The number of carbonyl (C=O) groups is 1. The van der Waals surface area contributed by atoms with Crippen LogP contribution in [0.4, 0.5) is 10.5 Å². The number of fused-ring (bicyclic) bond motifs is 2. The van der Waals surface area contributed by atoms with E-state index in [9.17, 15) is 9.90 Å². The molecule has 2 bridgehead atoms. The number of nitrogens with zero attached hydrogens (tertiary/aromatic N) is 6. The maximum Gasteiger partial charge on any atom is 0.323 e. The lowest BCUT2D eigenvalue weighted by Gasteiger charge is -2.61. The van der Waals surface area contributed by atoms with Gasteiger partial charge in [0.25, 0.3) is 0 Å². The predicted molar refractivity (Wildman–Crippen MR) is 111 cm³/mol. The molecule has 3 aliphatic rings. The van der Waals surface area contributed by atoms with E-state index in [4.69, 9.17) is 16.0 Å². The lowest BCUT2D eigenvalue weighted by atomic mass is 9.64. The van der Waals surface area contributed by atoms with Crippen LogP contribution in [0, 0.1) is 5.92 Å². The van der Waals surface area contributed by atoms with Crippen LogP contribution in [0.15, 0.2) is 28.9 Å². The number of amides is 2. The summed E-state index contributed by atoms with van der Waals surface area (Å²) in [5.41, 5.74) is 0.577. The van der Waals surface area contributed by atoms with Crippen molar-refractivity contribution in [3.8, 4) is 11.4 Å². The summed E-state index contributed by atoms with van der Waals surface area (Å²) in [6, 6.07) is 5.07. The van der Waals surface area contributed by atoms with Gasteiger partial charge < -0.3 is 19.7 Å². The van der Waals surface area contributed by atoms with E-state index in [1.807, 2.05) is 0 Å². The standard InChI is InChI=1S/C20H22ClN7O3/c1-11-5-13-8-20(7-11,18-25-24-16(9-29)31-18)28(13)19(30)23-12-3-4-15(21)14(6-12)17-22-10-27(2)26-17/h3-4,6,10-11,13,29H,5,7-9H2,1-2H3,(H,23,30)/t11-,13?,20?/m0/s1. The second kappa shape index (κ2) is 7.31. The Kier molecular flexibility index (Phi) is 4.71. The number of piperidine rings is 1. The fraction of sp³-hybridized carbons (Fsp3) is 0.450. The molecule has 31 heavy (non-hydrogen) atoms. The van der Waals surface area contributed by atoms with Gasteiger partial charge in [-0.25, -0.2) is 9.78 Å². The number of nitrogens with one attached hydrogen (secondary N) is 1. The van der Waals surface area contributed by atoms with Crippen molar-refractivity contribution in [2.45, 2.75) is 44.4 Å². The Balaban J connectivity index is 1.42. The molecule has 2 amide bonds. The molecule has 4 heterocycles. The van der Waals surface area contributed by atoms with Gasteiger partial charge in [-0.1, -0.05) is 18.5 Å². The summed E-state index contributed by atoms with van der Waals surface area (Å²) in [6.45, 7) is 1.83. The molecule has 0 spiro atoms. The van der Waals surface area contributed by atoms with Gasteiger partial charge in [0.05, 0.1) is 5.02 Å². The average molecular weight is 444 g/mol. The highest BCUT2D eigenvalue weighted by Gasteiger charge is 2.62. The minimum absolute atomic E-state index is 0.0949. The van der Waals surface area contributed by atoms with Crippen molar-refractivity contribution in [3.63, 3.8) is 0 Å². The Morgan fingerprint density at radius 2 is 2.23 bits per heavy atom. The van der Waals surface area contributed by atoms with Crippen LogP contribution in [0.1, 0.15) is 38.0 Å². The molecule has 3 fully saturated rings. The Morgan fingerprint density at radius 1 is 1.39 bits per heavy atom. The third-order valence-electron chi connectivity index (χ3n) is 6.04. The number of aromatic nitrogens is 5. The minimum atomic E-state index is -0.648. The maximum atomic E-state index is 13.3. The van der Waals surface area contributed by atoms with Gasteiger partial charge in [-0.05, 0) is 37.0 Å². The number of aliphatic hydroxyl groups excluding tert-OH is 1. The molecule has 1 aromatic carbocycles. The molecular formula is C20H22ClN7O3. The van der Waals surface area contributed by atoms with Crippen LogP contribution < -0.4 is 5.32 Å².